The van der Waals surface area contributed by atoms with E-state index in [2.05, 4.69) is 52.6 Å². The maximum Gasteiger partial charge on any atom is 0.274 e. The van der Waals surface area contributed by atoms with Gasteiger partial charge in [-0.05, 0) is 81.8 Å². The van der Waals surface area contributed by atoms with Gasteiger partial charge in [-0.3, -0.25) is 9.59 Å². The SMILES string of the molecule is CC(NC(=O)c1cc(C#N)cc(Br)c1NC(=O)c1cc(Br)nn1-c1ncccc1Cl)C1CC1. The summed E-state index contributed by atoms with van der Waals surface area (Å²) in [6, 6.07) is 9.86. The molecule has 1 unspecified atom stereocenters. The lowest BCUT2D eigenvalue weighted by Gasteiger charge is -2.17. The number of carbonyl (C=O) groups is 2. The molecule has 1 atom stereocenters. The predicted molar refractivity (Wildman–Crippen MR) is 131 cm³/mol. The summed E-state index contributed by atoms with van der Waals surface area (Å²) >= 11 is 12.9. The van der Waals surface area contributed by atoms with Crippen LogP contribution in [0.5, 0.6) is 0 Å². The Morgan fingerprint density at radius 2 is 2.03 bits per heavy atom. The number of nitrogens with one attached hydrogen (secondary N) is 2. The number of amides is 2. The van der Waals surface area contributed by atoms with E-state index in [9.17, 15) is 14.9 Å². The van der Waals surface area contributed by atoms with Crippen molar-refractivity contribution in [3.05, 3.63) is 67.4 Å². The van der Waals surface area contributed by atoms with Crippen molar-refractivity contribution in [3.8, 4) is 11.9 Å². The van der Waals surface area contributed by atoms with E-state index >= 15 is 0 Å². The molecule has 8 nitrogen and oxygen atoms in total. The topological polar surface area (TPSA) is 113 Å². The molecule has 1 fully saturated rings. The standard InChI is InChI=1S/C22H17Br2ClN6O2/c1-11(13-4-5-13)28-21(32)14-7-12(10-26)8-15(23)19(14)29-22(33)17-9-18(24)30-31(17)20-16(25)3-2-6-27-20/h2-3,6-9,11,13H,4-5H2,1H3,(H,28,32)(H,29,33). The minimum absolute atomic E-state index is 0.00532. The molecule has 2 amide bonds. The van der Waals surface area contributed by atoms with Crippen molar-refractivity contribution in [3.63, 3.8) is 0 Å². The molecule has 2 N–H and O–H groups in total. The number of nitriles is 1. The summed E-state index contributed by atoms with van der Waals surface area (Å²) in [5.41, 5.74) is 0.867. The minimum atomic E-state index is -0.537. The highest BCUT2D eigenvalue weighted by molar-refractivity contribution is 9.10. The fourth-order valence-corrected chi connectivity index (χ4v) is 4.50. The van der Waals surface area contributed by atoms with Crippen LogP contribution in [0.2, 0.25) is 5.02 Å². The van der Waals surface area contributed by atoms with Crippen LogP contribution < -0.4 is 10.6 Å². The zero-order valence-electron chi connectivity index (χ0n) is 17.3. The Kier molecular flexibility index (Phi) is 6.83. The second kappa shape index (κ2) is 9.63. The molecule has 1 saturated carbocycles. The lowest BCUT2D eigenvalue weighted by molar-refractivity contribution is 0.0936. The van der Waals surface area contributed by atoms with Gasteiger partial charge in [-0.2, -0.15) is 10.4 Å². The van der Waals surface area contributed by atoms with E-state index in [0.717, 1.165) is 12.8 Å². The van der Waals surface area contributed by atoms with Crippen LogP contribution in [0.3, 0.4) is 0 Å². The van der Waals surface area contributed by atoms with Crippen LogP contribution in [0.25, 0.3) is 5.82 Å². The Labute approximate surface area is 211 Å². The van der Waals surface area contributed by atoms with Crippen LogP contribution in [-0.4, -0.2) is 32.6 Å². The van der Waals surface area contributed by atoms with Crippen LogP contribution in [0, 0.1) is 17.2 Å². The van der Waals surface area contributed by atoms with Gasteiger partial charge in [0.15, 0.2) is 5.82 Å². The Bertz CT molecular complexity index is 1300. The monoisotopic (exact) mass is 590 g/mol. The second-order valence-electron chi connectivity index (χ2n) is 7.62. The van der Waals surface area contributed by atoms with Gasteiger partial charge in [-0.1, -0.05) is 11.6 Å². The predicted octanol–water partition coefficient (Wildman–Crippen LogP) is 5.10. The van der Waals surface area contributed by atoms with E-state index < -0.39 is 5.91 Å². The van der Waals surface area contributed by atoms with Crippen LogP contribution in [-0.2, 0) is 0 Å². The maximum absolute atomic E-state index is 13.3. The van der Waals surface area contributed by atoms with Gasteiger partial charge in [0, 0.05) is 22.8 Å². The summed E-state index contributed by atoms with van der Waals surface area (Å²) in [7, 11) is 0. The summed E-state index contributed by atoms with van der Waals surface area (Å²) in [5.74, 6) is -0.177. The fourth-order valence-electron chi connectivity index (χ4n) is 3.36. The van der Waals surface area contributed by atoms with Gasteiger partial charge in [0.1, 0.15) is 10.3 Å². The molecule has 11 heteroatoms. The first-order chi connectivity index (χ1) is 15.8. The van der Waals surface area contributed by atoms with Gasteiger partial charge in [0.2, 0.25) is 0 Å². The van der Waals surface area contributed by atoms with Crippen LogP contribution >= 0.6 is 43.5 Å². The molecule has 0 spiro atoms. The first-order valence-electron chi connectivity index (χ1n) is 10.0. The molecule has 2 aromatic heterocycles. The number of hydrogen-bond acceptors (Lipinski definition) is 5. The highest BCUT2D eigenvalue weighted by Crippen LogP contribution is 2.34. The Balaban J connectivity index is 1.70. The third-order valence-corrected chi connectivity index (χ3v) is 6.55. The number of pyridine rings is 1. The molecule has 1 aliphatic carbocycles. The largest absolute Gasteiger partial charge is 0.349 e. The number of anilines is 1. The van der Waals surface area contributed by atoms with Gasteiger partial charge in [0.05, 0.1) is 27.9 Å². The molecule has 0 radical (unpaired) electrons. The van der Waals surface area contributed by atoms with Gasteiger partial charge in [-0.15, -0.1) is 0 Å². The van der Waals surface area contributed by atoms with Crippen molar-refractivity contribution >= 4 is 61.0 Å². The lowest BCUT2D eigenvalue weighted by atomic mass is 10.1. The number of rotatable bonds is 6. The zero-order valence-corrected chi connectivity index (χ0v) is 21.2. The average Bonchev–Trinajstić information content (AvgIpc) is 3.57. The third-order valence-electron chi connectivity index (χ3n) is 5.24. The molecule has 0 saturated heterocycles. The van der Waals surface area contributed by atoms with E-state index in [-0.39, 0.29) is 40.3 Å². The van der Waals surface area contributed by atoms with E-state index in [1.165, 1.54) is 16.8 Å². The second-order valence-corrected chi connectivity index (χ2v) is 9.69. The summed E-state index contributed by atoms with van der Waals surface area (Å²) < 4.78 is 2.12. The molecule has 0 aliphatic heterocycles. The number of halogens is 3. The highest BCUT2D eigenvalue weighted by Gasteiger charge is 2.30. The third kappa shape index (κ3) is 5.11. The Morgan fingerprint density at radius 1 is 1.27 bits per heavy atom. The normalized spacial score (nSPS) is 13.8. The highest BCUT2D eigenvalue weighted by atomic mass is 79.9. The Morgan fingerprint density at radius 3 is 2.70 bits per heavy atom. The van der Waals surface area contributed by atoms with E-state index in [1.54, 1.807) is 24.4 Å². The van der Waals surface area contributed by atoms with Gasteiger partial charge in [0.25, 0.3) is 11.8 Å². The van der Waals surface area contributed by atoms with Crippen LogP contribution in [0.15, 0.2) is 45.6 Å². The number of carbonyl (C=O) groups excluding carboxylic acids is 2. The molecule has 1 aliphatic rings. The molecule has 2 heterocycles. The quantitative estimate of drug-likeness (QED) is 0.414. The summed E-state index contributed by atoms with van der Waals surface area (Å²) in [6.07, 6.45) is 3.68. The Hall–Kier alpha value is -2.74. The fraction of sp³-hybridized carbons (Fsp3) is 0.227. The average molecular weight is 593 g/mol. The van der Waals surface area contributed by atoms with Crippen LogP contribution in [0.4, 0.5) is 5.69 Å². The number of nitrogens with zero attached hydrogens (tertiary/aromatic N) is 4. The molecular formula is C22H17Br2ClN6O2. The van der Waals surface area contributed by atoms with Crippen molar-refractivity contribution in [2.75, 3.05) is 5.32 Å². The van der Waals surface area contributed by atoms with Crippen molar-refractivity contribution in [1.82, 2.24) is 20.1 Å². The number of benzene rings is 1. The molecule has 168 valence electrons. The zero-order chi connectivity index (χ0) is 23.7. The molecule has 4 rings (SSSR count). The number of aromatic nitrogens is 3. The molecule has 33 heavy (non-hydrogen) atoms. The number of hydrogen-bond donors (Lipinski definition) is 2. The van der Waals surface area contributed by atoms with E-state index in [0.29, 0.717) is 20.0 Å². The van der Waals surface area contributed by atoms with Crippen molar-refractivity contribution in [1.29, 1.82) is 5.26 Å². The summed E-state index contributed by atoms with van der Waals surface area (Å²) in [5, 5.41) is 19.7. The first kappa shape index (κ1) is 23.4. The summed E-state index contributed by atoms with van der Waals surface area (Å²) in [4.78, 5) is 30.5. The molecule has 0 bridgehead atoms. The van der Waals surface area contributed by atoms with Gasteiger partial charge >= 0.3 is 0 Å². The van der Waals surface area contributed by atoms with Crippen molar-refractivity contribution in [2.24, 2.45) is 5.92 Å². The van der Waals surface area contributed by atoms with E-state index in [4.69, 9.17) is 11.6 Å². The minimum Gasteiger partial charge on any atom is -0.349 e. The maximum atomic E-state index is 13.3. The summed E-state index contributed by atoms with van der Waals surface area (Å²) in [6.45, 7) is 1.95. The van der Waals surface area contributed by atoms with Crippen molar-refractivity contribution in [2.45, 2.75) is 25.8 Å². The molecular weight excluding hydrogens is 576 g/mol. The van der Waals surface area contributed by atoms with Crippen LogP contribution in [0.1, 0.15) is 46.2 Å². The molecule has 1 aromatic carbocycles. The van der Waals surface area contributed by atoms with Crippen molar-refractivity contribution < 1.29 is 9.59 Å². The van der Waals surface area contributed by atoms with Gasteiger partial charge in [-0.25, -0.2) is 9.67 Å². The van der Waals surface area contributed by atoms with E-state index in [1.807, 2.05) is 13.0 Å². The molecule has 3 aromatic rings. The van der Waals surface area contributed by atoms with Gasteiger partial charge < -0.3 is 10.6 Å². The smallest absolute Gasteiger partial charge is 0.274 e. The lowest BCUT2D eigenvalue weighted by Crippen LogP contribution is -2.34. The first-order valence-corrected chi connectivity index (χ1v) is 12.0.